The van der Waals surface area contributed by atoms with Crippen LogP contribution in [0.5, 0.6) is 0 Å². The molecule has 0 bridgehead atoms. The second-order valence-electron chi connectivity index (χ2n) is 9.01. The highest BCUT2D eigenvalue weighted by Crippen LogP contribution is 2.35. The monoisotopic (exact) mass is 461 g/mol. The molecule has 2 fully saturated rings. The Kier molecular flexibility index (Phi) is 7.43. The Morgan fingerprint density at radius 3 is 2.53 bits per heavy atom. The molecule has 2 heterocycles. The Labute approximate surface area is 190 Å². The van der Waals surface area contributed by atoms with E-state index in [0.717, 1.165) is 43.6 Å². The lowest BCUT2D eigenvalue weighted by Gasteiger charge is -2.40. The van der Waals surface area contributed by atoms with E-state index < -0.39 is 10.0 Å². The average Bonchev–Trinajstić information content (AvgIpc) is 2.79. The van der Waals surface area contributed by atoms with Gasteiger partial charge in [0.2, 0.25) is 10.0 Å². The number of pyridine rings is 1. The van der Waals surface area contributed by atoms with Crippen LogP contribution >= 0.6 is 0 Å². The number of hydrogen-bond acceptors (Lipinski definition) is 5. The lowest BCUT2D eigenvalue weighted by atomic mass is 9.82. The molecule has 0 amide bonds. The minimum absolute atomic E-state index is 0.0322. The van der Waals surface area contributed by atoms with Crippen LogP contribution < -0.4 is 9.62 Å². The summed E-state index contributed by atoms with van der Waals surface area (Å²) in [7, 11) is -3.30. The Bertz CT molecular complexity index is 981. The molecule has 32 heavy (non-hydrogen) atoms. The molecular formula is C24H32FN3O3S. The van der Waals surface area contributed by atoms with Crippen LogP contribution in [-0.2, 0) is 14.8 Å². The van der Waals surface area contributed by atoms with E-state index in [1.54, 1.807) is 12.3 Å². The summed E-state index contributed by atoms with van der Waals surface area (Å²) in [6, 6.07) is 12.7. The van der Waals surface area contributed by atoms with Crippen molar-refractivity contribution in [2.75, 3.05) is 30.9 Å². The first-order valence-electron chi connectivity index (χ1n) is 11.4. The number of ether oxygens (including phenoxy) is 1. The third kappa shape index (κ3) is 6.05. The van der Waals surface area contributed by atoms with Crippen LogP contribution in [0.25, 0.3) is 0 Å². The molecule has 0 radical (unpaired) electrons. The predicted molar refractivity (Wildman–Crippen MR) is 124 cm³/mol. The van der Waals surface area contributed by atoms with E-state index >= 15 is 0 Å². The number of sulfonamides is 1. The topological polar surface area (TPSA) is 71.5 Å². The fraction of sp³-hybridized carbons (Fsp3) is 0.542. The summed E-state index contributed by atoms with van der Waals surface area (Å²) in [6.07, 6.45) is 7.40. The second-order valence-corrected chi connectivity index (χ2v) is 10.8. The Hall–Kier alpha value is -2.03. The first-order valence-corrected chi connectivity index (χ1v) is 13.3. The van der Waals surface area contributed by atoms with Gasteiger partial charge in [-0.1, -0.05) is 24.3 Å². The van der Waals surface area contributed by atoms with E-state index in [0.29, 0.717) is 19.6 Å². The van der Waals surface area contributed by atoms with Gasteiger partial charge in [-0.15, -0.1) is 0 Å². The molecule has 2 aromatic rings. The van der Waals surface area contributed by atoms with E-state index in [9.17, 15) is 12.8 Å². The van der Waals surface area contributed by atoms with Crippen LogP contribution in [0.3, 0.4) is 0 Å². The molecular weight excluding hydrogens is 429 g/mol. The zero-order valence-corrected chi connectivity index (χ0v) is 19.3. The molecule has 1 aliphatic carbocycles. The molecule has 1 N–H and O–H groups in total. The van der Waals surface area contributed by atoms with Crippen molar-refractivity contribution in [1.82, 2.24) is 9.71 Å². The minimum Gasteiger partial charge on any atom is -0.378 e. The standard InChI is InChI=1S/C24H32FN3O3S/c1-32(29,30)27-23-13-15-28(24-8-4-5-14-26-24)16-19(23)17-31-20-11-9-18(10-12-20)21-6-2-3-7-22(21)25/h2-8,14,18-20,23,27H,9-13,15-17H2,1H3/t18-,19-,20+,23-/m0/s1. The van der Waals surface area contributed by atoms with Crippen LogP contribution in [0.1, 0.15) is 43.6 Å². The van der Waals surface area contributed by atoms with Crippen molar-refractivity contribution < 1.29 is 17.5 Å². The van der Waals surface area contributed by atoms with Gasteiger partial charge in [-0.25, -0.2) is 22.5 Å². The van der Waals surface area contributed by atoms with Gasteiger partial charge >= 0.3 is 0 Å². The maximum atomic E-state index is 14.1. The van der Waals surface area contributed by atoms with Crippen LogP contribution in [-0.4, -0.2) is 51.5 Å². The first-order chi connectivity index (χ1) is 15.4. The molecule has 1 aromatic carbocycles. The fourth-order valence-electron chi connectivity index (χ4n) is 4.99. The quantitative estimate of drug-likeness (QED) is 0.681. The number of anilines is 1. The molecule has 1 saturated heterocycles. The highest BCUT2D eigenvalue weighted by atomic mass is 32.2. The van der Waals surface area contributed by atoms with Gasteiger partial charge in [0.15, 0.2) is 0 Å². The van der Waals surface area contributed by atoms with Gasteiger partial charge in [0.05, 0.1) is 19.0 Å². The number of benzene rings is 1. The van der Waals surface area contributed by atoms with E-state index in [4.69, 9.17) is 4.74 Å². The summed E-state index contributed by atoms with van der Waals surface area (Å²) in [5.41, 5.74) is 0.807. The largest absolute Gasteiger partial charge is 0.378 e. The highest BCUT2D eigenvalue weighted by Gasteiger charge is 2.33. The van der Waals surface area contributed by atoms with Crippen molar-refractivity contribution in [1.29, 1.82) is 0 Å². The van der Waals surface area contributed by atoms with Crippen molar-refractivity contribution in [2.24, 2.45) is 5.92 Å². The summed E-state index contributed by atoms with van der Waals surface area (Å²) in [6.45, 7) is 1.93. The van der Waals surface area contributed by atoms with Gasteiger partial charge in [-0.2, -0.15) is 0 Å². The predicted octanol–water partition coefficient (Wildman–Crippen LogP) is 3.71. The van der Waals surface area contributed by atoms with Crippen LogP contribution in [0.2, 0.25) is 0 Å². The Morgan fingerprint density at radius 1 is 1.09 bits per heavy atom. The normalized spacial score (nSPS) is 26.8. The minimum atomic E-state index is -3.30. The molecule has 174 valence electrons. The van der Waals surface area contributed by atoms with Gasteiger partial charge in [0.25, 0.3) is 0 Å². The van der Waals surface area contributed by atoms with Gasteiger partial charge in [0, 0.05) is 31.2 Å². The van der Waals surface area contributed by atoms with E-state index in [1.165, 1.54) is 12.3 Å². The van der Waals surface area contributed by atoms with Gasteiger partial charge in [-0.05, 0) is 61.8 Å². The SMILES string of the molecule is CS(=O)(=O)N[C@H]1CCN(c2ccccn2)C[C@H]1CO[C@H]1CC[C@@H](c2ccccc2F)CC1. The molecule has 4 rings (SSSR count). The molecule has 0 spiro atoms. The molecule has 8 heteroatoms. The van der Waals surface area contributed by atoms with Gasteiger partial charge in [0.1, 0.15) is 11.6 Å². The van der Waals surface area contributed by atoms with E-state index in [-0.39, 0.29) is 29.8 Å². The smallest absolute Gasteiger partial charge is 0.208 e. The van der Waals surface area contributed by atoms with Crippen LogP contribution in [0.15, 0.2) is 48.7 Å². The number of halogens is 1. The fourth-order valence-corrected chi connectivity index (χ4v) is 5.85. The number of rotatable bonds is 7. The summed E-state index contributed by atoms with van der Waals surface area (Å²) in [5.74, 6) is 1.05. The molecule has 1 aromatic heterocycles. The van der Waals surface area contributed by atoms with Crippen molar-refractivity contribution in [3.8, 4) is 0 Å². The zero-order valence-electron chi connectivity index (χ0n) is 18.5. The third-order valence-corrected chi connectivity index (χ3v) is 7.37. The molecule has 0 unspecified atom stereocenters. The number of nitrogens with zero attached hydrogens (tertiary/aromatic N) is 2. The molecule has 6 nitrogen and oxygen atoms in total. The van der Waals surface area contributed by atoms with Crippen molar-refractivity contribution >= 4 is 15.8 Å². The summed E-state index contributed by atoms with van der Waals surface area (Å²) in [5, 5.41) is 0. The average molecular weight is 462 g/mol. The highest BCUT2D eigenvalue weighted by molar-refractivity contribution is 7.88. The Morgan fingerprint density at radius 2 is 1.84 bits per heavy atom. The number of aromatic nitrogens is 1. The third-order valence-electron chi connectivity index (χ3n) is 6.64. The zero-order chi connectivity index (χ0) is 22.6. The van der Waals surface area contributed by atoms with Crippen molar-refractivity contribution in [3.63, 3.8) is 0 Å². The van der Waals surface area contributed by atoms with Gasteiger partial charge < -0.3 is 9.64 Å². The van der Waals surface area contributed by atoms with E-state index in [1.807, 2.05) is 30.3 Å². The van der Waals surface area contributed by atoms with Gasteiger partial charge in [-0.3, -0.25) is 0 Å². The first kappa shape index (κ1) is 23.1. The van der Waals surface area contributed by atoms with Crippen molar-refractivity contribution in [2.45, 2.75) is 50.2 Å². The summed E-state index contributed by atoms with van der Waals surface area (Å²) < 4.78 is 47.0. The number of nitrogens with one attached hydrogen (secondary N) is 1. The maximum Gasteiger partial charge on any atom is 0.208 e. The second kappa shape index (κ2) is 10.3. The maximum absolute atomic E-state index is 14.1. The lowest BCUT2D eigenvalue weighted by molar-refractivity contribution is -0.00229. The number of piperidine rings is 1. The lowest BCUT2D eigenvalue weighted by Crippen LogP contribution is -2.52. The van der Waals surface area contributed by atoms with Crippen LogP contribution in [0.4, 0.5) is 10.2 Å². The summed E-state index contributed by atoms with van der Waals surface area (Å²) >= 11 is 0. The van der Waals surface area contributed by atoms with E-state index in [2.05, 4.69) is 14.6 Å². The Balaban J connectivity index is 1.35. The van der Waals surface area contributed by atoms with Crippen molar-refractivity contribution in [3.05, 3.63) is 60.0 Å². The molecule has 2 aliphatic rings. The molecule has 1 aliphatic heterocycles. The number of hydrogen-bond donors (Lipinski definition) is 1. The molecule has 1 saturated carbocycles. The summed E-state index contributed by atoms with van der Waals surface area (Å²) in [4.78, 5) is 6.64. The van der Waals surface area contributed by atoms with Crippen LogP contribution in [0, 0.1) is 11.7 Å². The molecule has 2 atom stereocenters.